The molecule has 3 aliphatic rings. The fourth-order valence-electron chi connectivity index (χ4n) is 4.58. The summed E-state index contributed by atoms with van der Waals surface area (Å²) in [6.45, 7) is 0.454. The van der Waals surface area contributed by atoms with Crippen molar-refractivity contribution in [3.8, 4) is 5.75 Å². The molecule has 2 amide bonds. The molecular formula is C23H18Br2N2O3. The maximum Gasteiger partial charge on any atom is 0.254 e. The zero-order chi connectivity index (χ0) is 20.8. The third-order valence-electron chi connectivity index (χ3n) is 6.03. The molecule has 2 aromatic carbocycles. The van der Waals surface area contributed by atoms with Crippen LogP contribution in [0.1, 0.15) is 17.5 Å². The molecule has 5 rings (SSSR count). The molecule has 4 atom stereocenters. The van der Waals surface area contributed by atoms with E-state index < -0.39 is 0 Å². The summed E-state index contributed by atoms with van der Waals surface area (Å²) in [5.41, 5.74) is 1.84. The maximum absolute atomic E-state index is 12.7. The topological polar surface area (TPSA) is 59.0 Å². The van der Waals surface area contributed by atoms with Crippen LogP contribution in [0.2, 0.25) is 0 Å². The first-order valence-corrected chi connectivity index (χ1v) is 11.4. The van der Waals surface area contributed by atoms with Crippen LogP contribution in [0, 0.1) is 23.7 Å². The normalized spacial score (nSPS) is 26.8. The summed E-state index contributed by atoms with van der Waals surface area (Å²) in [6.07, 6.45) is 6.62. The van der Waals surface area contributed by atoms with Crippen molar-refractivity contribution in [1.82, 2.24) is 5.01 Å². The number of carbonyl (C=O) groups is 2. The van der Waals surface area contributed by atoms with Gasteiger partial charge in [-0.25, -0.2) is 0 Å². The highest BCUT2D eigenvalue weighted by molar-refractivity contribution is 9.10. The Kier molecular flexibility index (Phi) is 5.11. The number of halogens is 2. The van der Waals surface area contributed by atoms with Gasteiger partial charge in [-0.05, 0) is 75.6 Å². The van der Waals surface area contributed by atoms with Gasteiger partial charge in [-0.2, -0.15) is 10.1 Å². The second kappa shape index (κ2) is 7.78. The minimum Gasteiger partial charge on any atom is -0.488 e. The fourth-order valence-corrected chi connectivity index (χ4v) is 5.36. The lowest BCUT2D eigenvalue weighted by atomic mass is 9.85. The van der Waals surface area contributed by atoms with E-state index in [0.29, 0.717) is 12.4 Å². The Labute approximate surface area is 191 Å². The van der Waals surface area contributed by atoms with Crippen molar-refractivity contribution in [2.24, 2.45) is 28.8 Å². The molecule has 152 valence electrons. The van der Waals surface area contributed by atoms with Gasteiger partial charge in [0.05, 0.1) is 22.5 Å². The number of imide groups is 1. The zero-order valence-corrected chi connectivity index (χ0v) is 19.0. The largest absolute Gasteiger partial charge is 0.488 e. The number of nitrogens with zero attached hydrogens (tertiary/aromatic N) is 2. The van der Waals surface area contributed by atoms with Gasteiger partial charge in [0.15, 0.2) is 0 Å². The Balaban J connectivity index is 1.26. The molecule has 0 aromatic heterocycles. The van der Waals surface area contributed by atoms with E-state index in [1.54, 1.807) is 6.21 Å². The number of carbonyl (C=O) groups excluding carboxylic acids is 2. The first-order valence-electron chi connectivity index (χ1n) is 9.78. The molecule has 30 heavy (non-hydrogen) atoms. The van der Waals surface area contributed by atoms with Crippen LogP contribution in [0.15, 0.2) is 68.7 Å². The summed E-state index contributed by atoms with van der Waals surface area (Å²) in [5.74, 6) is 0.274. The molecule has 1 saturated carbocycles. The lowest BCUT2D eigenvalue weighted by Gasteiger charge is -2.13. The van der Waals surface area contributed by atoms with Gasteiger partial charge in [0, 0.05) is 4.47 Å². The highest BCUT2D eigenvalue weighted by Gasteiger charge is 2.59. The molecule has 0 N–H and O–H groups in total. The molecule has 2 aromatic rings. The minimum absolute atomic E-state index is 0.174. The zero-order valence-electron chi connectivity index (χ0n) is 15.9. The molecule has 2 aliphatic carbocycles. The molecule has 5 nitrogen and oxygen atoms in total. The Morgan fingerprint density at radius 3 is 2.30 bits per heavy atom. The molecule has 0 unspecified atom stereocenters. The van der Waals surface area contributed by atoms with Crippen LogP contribution < -0.4 is 4.74 Å². The molecule has 2 fully saturated rings. The second-order valence-electron chi connectivity index (χ2n) is 7.84. The third kappa shape index (κ3) is 3.44. The van der Waals surface area contributed by atoms with Crippen molar-refractivity contribution < 1.29 is 14.3 Å². The van der Waals surface area contributed by atoms with Crippen molar-refractivity contribution >= 4 is 49.9 Å². The number of allylic oxidation sites excluding steroid dienone is 2. The van der Waals surface area contributed by atoms with Crippen LogP contribution in [0.4, 0.5) is 0 Å². The van der Waals surface area contributed by atoms with Crippen molar-refractivity contribution in [3.63, 3.8) is 0 Å². The van der Waals surface area contributed by atoms with Crippen LogP contribution in [0.3, 0.4) is 0 Å². The van der Waals surface area contributed by atoms with Gasteiger partial charge in [-0.1, -0.05) is 40.2 Å². The third-order valence-corrected chi connectivity index (χ3v) is 7.18. The van der Waals surface area contributed by atoms with E-state index >= 15 is 0 Å². The van der Waals surface area contributed by atoms with E-state index in [4.69, 9.17) is 4.74 Å². The summed E-state index contributed by atoms with van der Waals surface area (Å²) in [7, 11) is 0. The number of hydrazone groups is 1. The van der Waals surface area contributed by atoms with E-state index in [1.165, 1.54) is 0 Å². The monoisotopic (exact) mass is 528 g/mol. The lowest BCUT2D eigenvalue weighted by molar-refractivity contribution is -0.140. The second-order valence-corrected chi connectivity index (χ2v) is 9.61. The van der Waals surface area contributed by atoms with Gasteiger partial charge in [0.2, 0.25) is 0 Å². The van der Waals surface area contributed by atoms with Crippen LogP contribution in [0.5, 0.6) is 5.75 Å². The van der Waals surface area contributed by atoms with Crippen LogP contribution in [0.25, 0.3) is 0 Å². The molecule has 1 aliphatic heterocycles. The highest BCUT2D eigenvalue weighted by atomic mass is 79.9. The molecule has 0 spiro atoms. The predicted octanol–water partition coefficient (Wildman–Crippen LogP) is 4.93. The maximum atomic E-state index is 12.7. The Morgan fingerprint density at radius 1 is 1.00 bits per heavy atom. The molecule has 2 bridgehead atoms. The van der Waals surface area contributed by atoms with Crippen LogP contribution in [-0.4, -0.2) is 23.0 Å². The van der Waals surface area contributed by atoms with Gasteiger partial charge in [-0.3, -0.25) is 9.59 Å². The smallest absolute Gasteiger partial charge is 0.254 e. The van der Waals surface area contributed by atoms with E-state index in [2.05, 4.69) is 49.1 Å². The van der Waals surface area contributed by atoms with E-state index in [0.717, 1.165) is 31.5 Å². The molecule has 7 heteroatoms. The first kappa shape index (κ1) is 19.7. The molecule has 0 radical (unpaired) electrons. The van der Waals surface area contributed by atoms with E-state index in [1.807, 2.05) is 42.5 Å². The van der Waals surface area contributed by atoms with E-state index in [-0.39, 0.29) is 35.5 Å². The SMILES string of the molecule is O=C1[C@@H]2[C@@H](C(=O)N1/N=C\c1ccc(OCc3ccc(Br)cc3)c(Br)c1)[C@H]1C=C[C@H]2C1. The van der Waals surface area contributed by atoms with Crippen molar-refractivity contribution in [2.45, 2.75) is 13.0 Å². The van der Waals surface area contributed by atoms with Crippen LogP contribution in [-0.2, 0) is 16.2 Å². The average molecular weight is 530 g/mol. The predicted molar refractivity (Wildman–Crippen MR) is 120 cm³/mol. The van der Waals surface area contributed by atoms with Crippen molar-refractivity contribution in [1.29, 1.82) is 0 Å². The number of hydrogen-bond donors (Lipinski definition) is 0. The fraction of sp³-hybridized carbons (Fsp3) is 0.261. The Bertz CT molecular complexity index is 1050. The molecule has 1 heterocycles. The Morgan fingerprint density at radius 2 is 1.67 bits per heavy atom. The number of benzene rings is 2. The number of rotatable bonds is 5. The lowest BCUT2D eigenvalue weighted by Crippen LogP contribution is -2.28. The summed E-state index contributed by atoms with van der Waals surface area (Å²) >= 11 is 6.94. The Hall–Kier alpha value is -2.25. The first-order chi connectivity index (χ1) is 14.5. The van der Waals surface area contributed by atoms with Crippen LogP contribution >= 0.6 is 31.9 Å². The van der Waals surface area contributed by atoms with Crippen molar-refractivity contribution in [3.05, 3.63) is 74.7 Å². The van der Waals surface area contributed by atoms with Gasteiger partial charge in [0.1, 0.15) is 12.4 Å². The molecule has 1 saturated heterocycles. The van der Waals surface area contributed by atoms with Gasteiger partial charge >= 0.3 is 0 Å². The number of hydrogen-bond acceptors (Lipinski definition) is 4. The minimum atomic E-state index is -0.231. The summed E-state index contributed by atoms with van der Waals surface area (Å²) < 4.78 is 7.68. The van der Waals surface area contributed by atoms with Gasteiger partial charge in [-0.15, -0.1) is 0 Å². The number of fused-ring (bicyclic) bond motifs is 5. The number of amides is 2. The van der Waals surface area contributed by atoms with Gasteiger partial charge < -0.3 is 4.74 Å². The quantitative estimate of drug-likeness (QED) is 0.313. The van der Waals surface area contributed by atoms with Crippen molar-refractivity contribution in [2.75, 3.05) is 0 Å². The summed E-state index contributed by atoms with van der Waals surface area (Å²) in [5, 5.41) is 5.29. The van der Waals surface area contributed by atoms with Gasteiger partial charge in [0.25, 0.3) is 11.8 Å². The molecular weight excluding hydrogens is 512 g/mol. The highest BCUT2D eigenvalue weighted by Crippen LogP contribution is 2.52. The summed E-state index contributed by atoms with van der Waals surface area (Å²) in [4.78, 5) is 25.4. The van der Waals surface area contributed by atoms with E-state index in [9.17, 15) is 9.59 Å². The average Bonchev–Trinajstić information content (AvgIpc) is 3.41. The number of ether oxygens (including phenoxy) is 1. The summed E-state index contributed by atoms with van der Waals surface area (Å²) in [6, 6.07) is 13.5. The standard InChI is InChI=1S/C23H18Br2N2O3/c24-17-6-1-13(2-7-17)12-30-19-8-3-14(9-18(19)25)11-26-27-22(28)20-15-4-5-16(10-15)21(20)23(27)29/h1-9,11,15-16,20-21H,10,12H2/b26-11-/t15-,16-,20-,21-/m0/s1.